The fourth-order valence-electron chi connectivity index (χ4n) is 7.41. The number of carbonyl (C=O) groups excluding carboxylic acids is 4. The van der Waals surface area contributed by atoms with Crippen LogP contribution in [0.3, 0.4) is 0 Å². The summed E-state index contributed by atoms with van der Waals surface area (Å²) in [4.78, 5) is 60.7. The summed E-state index contributed by atoms with van der Waals surface area (Å²) < 4.78 is 5.79. The predicted molar refractivity (Wildman–Crippen MR) is 219 cm³/mol. The maximum atomic E-state index is 13.1. The molecule has 1 N–H and O–H groups in total. The van der Waals surface area contributed by atoms with Gasteiger partial charge in [-0.25, -0.2) is 4.79 Å². The molecule has 1 saturated heterocycles. The summed E-state index contributed by atoms with van der Waals surface area (Å²) in [5.74, 6) is 0.378. The number of para-hydroxylation sites is 1. The third kappa shape index (κ3) is 12.0. The molecule has 0 unspecified atom stereocenters. The fraction of sp³-hybridized carbons (Fsp3) is 0.500. The molecule has 0 aromatic heterocycles. The van der Waals surface area contributed by atoms with E-state index in [1.54, 1.807) is 4.90 Å². The number of piperidine rings is 1. The molecule has 2 aliphatic heterocycles. The second-order valence-electron chi connectivity index (χ2n) is 14.9. The van der Waals surface area contributed by atoms with Crippen LogP contribution < -0.4 is 10.2 Å². The van der Waals surface area contributed by atoms with Crippen molar-refractivity contribution in [1.29, 1.82) is 0 Å². The minimum atomic E-state index is -0.429. The van der Waals surface area contributed by atoms with Crippen molar-refractivity contribution in [3.63, 3.8) is 0 Å². The molecule has 0 atom stereocenters. The third-order valence-electron chi connectivity index (χ3n) is 11.0. The van der Waals surface area contributed by atoms with E-state index in [2.05, 4.69) is 28.2 Å². The van der Waals surface area contributed by atoms with E-state index in [1.165, 1.54) is 0 Å². The fourth-order valence-corrected chi connectivity index (χ4v) is 7.41. The Bertz CT molecular complexity index is 1730. The number of anilines is 2. The lowest BCUT2D eigenvalue weighted by atomic mass is 9.97. The summed E-state index contributed by atoms with van der Waals surface area (Å²) in [6.45, 7) is 7.91. The molecule has 1 fully saturated rings. The molecule has 2 aliphatic rings. The van der Waals surface area contributed by atoms with Crippen LogP contribution in [0.4, 0.5) is 16.2 Å². The van der Waals surface area contributed by atoms with Gasteiger partial charge in [0.05, 0.1) is 5.69 Å². The molecule has 3 aromatic carbocycles. The Morgan fingerprint density at radius 1 is 0.764 bits per heavy atom. The van der Waals surface area contributed by atoms with Gasteiger partial charge in [0.25, 0.3) is 5.91 Å². The van der Waals surface area contributed by atoms with E-state index < -0.39 is 6.09 Å². The zero-order valence-electron chi connectivity index (χ0n) is 33.3. The molecule has 0 spiro atoms. The van der Waals surface area contributed by atoms with E-state index in [4.69, 9.17) is 4.74 Å². The largest absolute Gasteiger partial charge is 0.446 e. The standard InChI is InChI=1S/C44H60N6O5/c1-5-41(51)47(3)26-14-27-50-30-22-35-33-36(20-21-39(35)43(50)53)46(2)25-13-7-10-19-42(52)48(4)31-32-49-28-23-37(24-29-49)55-44(54)45-40-18-12-11-17-38(40)34-15-8-6-9-16-34/h6,8-9,11-12,15-18,20-21,33,37H,5,7,10,13-14,19,22-32H2,1-4H3,(H,45,54). The molecule has 4 amide bonds. The van der Waals surface area contributed by atoms with Crippen molar-refractivity contribution >= 4 is 35.2 Å². The average molecular weight is 753 g/mol. The Hall–Kier alpha value is -4.90. The number of hydrogen-bond donors (Lipinski definition) is 1. The summed E-state index contributed by atoms with van der Waals surface area (Å²) in [6.07, 6.45) is 6.44. The zero-order valence-corrected chi connectivity index (χ0v) is 33.3. The Labute approximate surface area is 327 Å². The van der Waals surface area contributed by atoms with E-state index in [1.807, 2.05) is 97.5 Å². The molecule has 11 nitrogen and oxygen atoms in total. The maximum absolute atomic E-state index is 13.1. The monoisotopic (exact) mass is 752 g/mol. The van der Waals surface area contributed by atoms with Crippen LogP contribution in [-0.2, 0) is 20.7 Å². The molecular weight excluding hydrogens is 693 g/mol. The molecule has 55 heavy (non-hydrogen) atoms. The highest BCUT2D eigenvalue weighted by Crippen LogP contribution is 2.28. The molecular formula is C44H60N6O5. The van der Waals surface area contributed by atoms with Crippen molar-refractivity contribution in [2.24, 2.45) is 0 Å². The summed E-state index contributed by atoms with van der Waals surface area (Å²) in [5, 5.41) is 2.94. The van der Waals surface area contributed by atoms with Gasteiger partial charge >= 0.3 is 6.09 Å². The minimum Gasteiger partial charge on any atom is -0.446 e. The van der Waals surface area contributed by atoms with Gasteiger partial charge in [-0.15, -0.1) is 0 Å². The third-order valence-corrected chi connectivity index (χ3v) is 11.0. The number of ether oxygens (including phenoxy) is 1. The Morgan fingerprint density at radius 3 is 2.25 bits per heavy atom. The second kappa shape index (κ2) is 20.7. The smallest absolute Gasteiger partial charge is 0.411 e. The highest BCUT2D eigenvalue weighted by molar-refractivity contribution is 5.97. The van der Waals surface area contributed by atoms with Crippen LogP contribution in [-0.4, -0.2) is 123 Å². The lowest BCUT2D eigenvalue weighted by Gasteiger charge is -2.32. The molecule has 0 radical (unpaired) electrons. The molecule has 11 heteroatoms. The van der Waals surface area contributed by atoms with Crippen LogP contribution in [0.25, 0.3) is 11.1 Å². The summed E-state index contributed by atoms with van der Waals surface area (Å²) >= 11 is 0. The Kier molecular flexibility index (Phi) is 15.5. The number of unbranched alkanes of at least 4 members (excludes halogenated alkanes) is 2. The van der Waals surface area contributed by atoms with Crippen LogP contribution in [0.2, 0.25) is 0 Å². The first-order chi connectivity index (χ1) is 26.6. The van der Waals surface area contributed by atoms with E-state index in [0.717, 1.165) is 105 Å². The first kappa shape index (κ1) is 41.3. The number of amides is 4. The number of fused-ring (bicyclic) bond motifs is 1. The Balaban J connectivity index is 0.929. The van der Waals surface area contributed by atoms with Crippen LogP contribution >= 0.6 is 0 Å². The molecule has 0 bridgehead atoms. The Morgan fingerprint density at radius 2 is 1.49 bits per heavy atom. The van der Waals surface area contributed by atoms with Gasteiger partial charge in [0.15, 0.2) is 0 Å². The normalized spacial score (nSPS) is 14.6. The van der Waals surface area contributed by atoms with Gasteiger partial charge in [0.2, 0.25) is 11.8 Å². The van der Waals surface area contributed by atoms with Gasteiger partial charge in [0.1, 0.15) is 6.10 Å². The van der Waals surface area contributed by atoms with Gasteiger partial charge in [-0.2, -0.15) is 0 Å². The number of hydrogen-bond acceptors (Lipinski definition) is 7. The van der Waals surface area contributed by atoms with Crippen molar-refractivity contribution in [2.75, 3.05) is 83.7 Å². The topological polar surface area (TPSA) is 106 Å². The predicted octanol–water partition coefficient (Wildman–Crippen LogP) is 6.78. The van der Waals surface area contributed by atoms with E-state index in [0.29, 0.717) is 39.0 Å². The van der Waals surface area contributed by atoms with Gasteiger partial charge in [-0.3, -0.25) is 19.7 Å². The summed E-state index contributed by atoms with van der Waals surface area (Å²) in [5.41, 5.74) is 5.71. The number of carbonyl (C=O) groups is 4. The van der Waals surface area contributed by atoms with Crippen molar-refractivity contribution < 1.29 is 23.9 Å². The summed E-state index contributed by atoms with van der Waals surface area (Å²) in [6, 6.07) is 23.9. The molecule has 2 heterocycles. The number of rotatable bonds is 18. The van der Waals surface area contributed by atoms with Crippen molar-refractivity contribution in [2.45, 2.75) is 70.8 Å². The van der Waals surface area contributed by atoms with Gasteiger partial charge in [-0.05, 0) is 73.9 Å². The first-order valence-electron chi connectivity index (χ1n) is 20.1. The summed E-state index contributed by atoms with van der Waals surface area (Å²) in [7, 11) is 5.79. The number of nitrogens with zero attached hydrogens (tertiary/aromatic N) is 5. The number of likely N-dealkylation sites (N-methyl/N-ethyl adjacent to an activating group) is 1. The number of nitrogens with one attached hydrogen (secondary N) is 1. The molecule has 0 aliphatic carbocycles. The quantitative estimate of drug-likeness (QED) is 0.143. The van der Waals surface area contributed by atoms with Crippen LogP contribution in [0.1, 0.15) is 74.2 Å². The first-order valence-corrected chi connectivity index (χ1v) is 20.1. The number of likely N-dealkylation sites (tertiary alicyclic amines) is 1. The molecule has 296 valence electrons. The highest BCUT2D eigenvalue weighted by atomic mass is 16.6. The van der Waals surface area contributed by atoms with Crippen molar-refractivity contribution in [3.8, 4) is 11.1 Å². The lowest BCUT2D eigenvalue weighted by molar-refractivity contribution is -0.130. The van der Waals surface area contributed by atoms with E-state index in [-0.39, 0.29) is 23.8 Å². The number of benzene rings is 3. The highest BCUT2D eigenvalue weighted by Gasteiger charge is 2.25. The van der Waals surface area contributed by atoms with Crippen molar-refractivity contribution in [3.05, 3.63) is 83.9 Å². The second-order valence-corrected chi connectivity index (χ2v) is 14.9. The lowest BCUT2D eigenvalue weighted by Crippen LogP contribution is -2.42. The van der Waals surface area contributed by atoms with E-state index >= 15 is 0 Å². The van der Waals surface area contributed by atoms with Crippen LogP contribution in [0.15, 0.2) is 72.8 Å². The minimum absolute atomic E-state index is 0.0763. The van der Waals surface area contributed by atoms with Crippen LogP contribution in [0, 0.1) is 0 Å². The molecule has 5 rings (SSSR count). The van der Waals surface area contributed by atoms with Gasteiger partial charge < -0.3 is 29.2 Å². The van der Waals surface area contributed by atoms with Gasteiger partial charge in [0, 0.05) is 103 Å². The van der Waals surface area contributed by atoms with Gasteiger partial charge in [-0.1, -0.05) is 61.9 Å². The van der Waals surface area contributed by atoms with Crippen LogP contribution in [0.5, 0.6) is 0 Å². The zero-order chi connectivity index (χ0) is 39.2. The molecule has 0 saturated carbocycles. The SMILES string of the molecule is CCC(=O)N(C)CCCN1CCc2cc(N(C)CCCCCC(=O)N(C)CCN3CCC(OC(=O)Nc4ccccc4-c4ccccc4)CC3)ccc2C1=O. The maximum Gasteiger partial charge on any atom is 0.411 e. The average Bonchev–Trinajstić information content (AvgIpc) is 3.21. The molecule has 3 aromatic rings. The van der Waals surface area contributed by atoms with Crippen molar-refractivity contribution in [1.82, 2.24) is 19.6 Å². The van der Waals surface area contributed by atoms with E-state index in [9.17, 15) is 19.2 Å².